The van der Waals surface area contributed by atoms with Crippen LogP contribution < -0.4 is 33.2 Å². The van der Waals surface area contributed by atoms with E-state index in [1.54, 1.807) is 24.3 Å². The highest BCUT2D eigenvalue weighted by molar-refractivity contribution is 5.94. The normalized spacial score (nSPS) is 13.1. The molecular weight excluding hydrogens is 436 g/mol. The second-order valence-electron chi connectivity index (χ2n) is 7.21. The van der Waals surface area contributed by atoms with Crippen LogP contribution in [-0.2, 0) is 35.2 Å². The molecule has 10 N–H and O–H groups in total. The van der Waals surface area contributed by atoms with Gasteiger partial charge in [0.1, 0.15) is 12.1 Å². The molecule has 13 heteroatoms. The molecular formula is C20H28N6O7. The number of carboxylic acids is 1. The largest absolute Gasteiger partial charge is 0.480 e. The summed E-state index contributed by atoms with van der Waals surface area (Å²) in [5.41, 5.74) is 16.7. The Labute approximate surface area is 189 Å². The van der Waals surface area contributed by atoms with E-state index in [2.05, 4.69) is 16.0 Å². The Hall–Kier alpha value is -4.00. The molecule has 3 atom stereocenters. The van der Waals surface area contributed by atoms with Crippen molar-refractivity contribution in [3.63, 3.8) is 0 Å². The predicted molar refractivity (Wildman–Crippen MR) is 115 cm³/mol. The van der Waals surface area contributed by atoms with Crippen LogP contribution in [0.15, 0.2) is 30.3 Å². The van der Waals surface area contributed by atoms with Gasteiger partial charge in [-0.05, 0) is 18.4 Å². The van der Waals surface area contributed by atoms with Crippen LogP contribution >= 0.6 is 0 Å². The van der Waals surface area contributed by atoms with Crippen LogP contribution in [0.1, 0.15) is 24.8 Å². The van der Waals surface area contributed by atoms with Crippen molar-refractivity contribution in [1.29, 1.82) is 0 Å². The Morgan fingerprint density at radius 2 is 1.52 bits per heavy atom. The highest BCUT2D eigenvalue weighted by Gasteiger charge is 2.28. The first-order chi connectivity index (χ1) is 15.5. The smallest absolute Gasteiger partial charge is 0.326 e. The van der Waals surface area contributed by atoms with E-state index in [4.69, 9.17) is 22.3 Å². The monoisotopic (exact) mass is 464 g/mol. The van der Waals surface area contributed by atoms with E-state index >= 15 is 0 Å². The third-order valence-electron chi connectivity index (χ3n) is 4.41. The summed E-state index contributed by atoms with van der Waals surface area (Å²) in [4.78, 5) is 70.1. The van der Waals surface area contributed by atoms with Crippen molar-refractivity contribution < 1.29 is 33.9 Å². The second kappa shape index (κ2) is 13.4. The maximum absolute atomic E-state index is 12.4. The van der Waals surface area contributed by atoms with Gasteiger partial charge in [0.25, 0.3) is 0 Å². The van der Waals surface area contributed by atoms with Gasteiger partial charge in [0.05, 0.1) is 19.0 Å². The summed E-state index contributed by atoms with van der Waals surface area (Å²) in [6, 6.07) is 5.10. The molecule has 0 saturated carbocycles. The van der Waals surface area contributed by atoms with Gasteiger partial charge in [0.2, 0.25) is 29.5 Å². The molecule has 33 heavy (non-hydrogen) atoms. The van der Waals surface area contributed by atoms with Crippen molar-refractivity contribution in [2.75, 3.05) is 6.54 Å². The fourth-order valence-corrected chi connectivity index (χ4v) is 2.73. The molecule has 0 aliphatic carbocycles. The van der Waals surface area contributed by atoms with Crippen LogP contribution in [0.2, 0.25) is 0 Å². The number of nitrogens with one attached hydrogen (secondary N) is 3. The fourth-order valence-electron chi connectivity index (χ4n) is 2.73. The molecule has 5 amide bonds. The average molecular weight is 464 g/mol. The zero-order valence-electron chi connectivity index (χ0n) is 17.8. The third-order valence-corrected chi connectivity index (χ3v) is 4.41. The van der Waals surface area contributed by atoms with Gasteiger partial charge in [-0.25, -0.2) is 4.79 Å². The van der Waals surface area contributed by atoms with Gasteiger partial charge in [-0.1, -0.05) is 30.3 Å². The molecule has 0 aliphatic rings. The van der Waals surface area contributed by atoms with E-state index in [0.29, 0.717) is 0 Å². The van der Waals surface area contributed by atoms with Gasteiger partial charge in [-0.2, -0.15) is 0 Å². The summed E-state index contributed by atoms with van der Waals surface area (Å²) in [7, 11) is 0. The molecule has 0 heterocycles. The summed E-state index contributed by atoms with van der Waals surface area (Å²) in [6.07, 6.45) is -0.960. The van der Waals surface area contributed by atoms with Crippen molar-refractivity contribution >= 4 is 35.5 Å². The van der Waals surface area contributed by atoms with Crippen LogP contribution in [0.3, 0.4) is 0 Å². The maximum atomic E-state index is 12.4. The lowest BCUT2D eigenvalue weighted by Gasteiger charge is -2.21. The van der Waals surface area contributed by atoms with Crippen LogP contribution in [-0.4, -0.2) is 65.3 Å². The van der Waals surface area contributed by atoms with E-state index in [9.17, 15) is 28.8 Å². The predicted octanol–water partition coefficient (Wildman–Crippen LogP) is -3.13. The first-order valence-electron chi connectivity index (χ1n) is 9.96. The number of carbonyl (C=O) groups is 6. The number of aliphatic carboxylic acids is 1. The zero-order valence-corrected chi connectivity index (χ0v) is 17.8. The molecule has 1 aromatic rings. The minimum absolute atomic E-state index is 0.239. The van der Waals surface area contributed by atoms with Gasteiger partial charge in [0, 0.05) is 6.42 Å². The van der Waals surface area contributed by atoms with E-state index in [1.807, 2.05) is 6.07 Å². The number of primary amides is 2. The Morgan fingerprint density at radius 3 is 2.06 bits per heavy atom. The topological polar surface area (TPSA) is 237 Å². The van der Waals surface area contributed by atoms with E-state index in [0.717, 1.165) is 5.56 Å². The lowest BCUT2D eigenvalue weighted by molar-refractivity contribution is -0.143. The summed E-state index contributed by atoms with van der Waals surface area (Å²) >= 11 is 0. The third kappa shape index (κ3) is 10.7. The number of hydrogen-bond acceptors (Lipinski definition) is 7. The molecule has 0 spiro atoms. The van der Waals surface area contributed by atoms with Gasteiger partial charge in [0.15, 0.2) is 0 Å². The molecule has 0 radical (unpaired) electrons. The molecule has 180 valence electrons. The molecule has 0 aromatic heterocycles. The highest BCUT2D eigenvalue weighted by atomic mass is 16.4. The molecule has 1 aromatic carbocycles. The Bertz CT molecular complexity index is 877. The number of nitrogens with two attached hydrogens (primary N) is 3. The van der Waals surface area contributed by atoms with Gasteiger partial charge >= 0.3 is 5.97 Å². The van der Waals surface area contributed by atoms with Crippen molar-refractivity contribution in [2.45, 2.75) is 43.8 Å². The highest BCUT2D eigenvalue weighted by Crippen LogP contribution is 2.03. The van der Waals surface area contributed by atoms with E-state index in [-0.39, 0.29) is 19.3 Å². The second-order valence-corrected chi connectivity index (χ2v) is 7.21. The first-order valence-corrected chi connectivity index (χ1v) is 9.96. The number of carbonyl (C=O) groups excluding carboxylic acids is 5. The van der Waals surface area contributed by atoms with Crippen molar-refractivity contribution in [3.8, 4) is 0 Å². The van der Waals surface area contributed by atoms with Crippen LogP contribution in [0.25, 0.3) is 0 Å². The molecule has 0 fully saturated rings. The van der Waals surface area contributed by atoms with Crippen molar-refractivity contribution in [3.05, 3.63) is 35.9 Å². The van der Waals surface area contributed by atoms with E-state index < -0.39 is 66.6 Å². The minimum Gasteiger partial charge on any atom is -0.480 e. The molecule has 3 unspecified atom stereocenters. The Morgan fingerprint density at radius 1 is 0.879 bits per heavy atom. The SMILES string of the molecule is NC(=O)CCC(NC(=O)CNC(=O)C(N)Cc1ccccc1)C(=O)NC(CC(N)=O)C(=O)O. The zero-order chi connectivity index (χ0) is 25.0. The summed E-state index contributed by atoms with van der Waals surface area (Å²) in [5, 5.41) is 15.8. The van der Waals surface area contributed by atoms with Crippen molar-refractivity contribution in [1.82, 2.24) is 16.0 Å². The quantitative estimate of drug-likeness (QED) is 0.148. The van der Waals surface area contributed by atoms with Gasteiger partial charge in [-0.3, -0.25) is 24.0 Å². The lowest BCUT2D eigenvalue weighted by atomic mass is 10.1. The standard InChI is InChI=1S/C20H28N6O7/c21-12(8-11-4-2-1-3-5-11)18(30)24-10-17(29)25-13(6-7-15(22)27)19(31)26-14(20(32)33)9-16(23)28/h1-5,12-14H,6-10,21H2,(H2,22,27)(H2,23,28)(H,24,30)(H,25,29)(H,26,31)(H,32,33). The van der Waals surface area contributed by atoms with Crippen LogP contribution in [0, 0.1) is 0 Å². The molecule has 0 aliphatic heterocycles. The summed E-state index contributed by atoms with van der Waals surface area (Å²) in [5.74, 6) is -5.59. The molecule has 0 saturated heterocycles. The van der Waals surface area contributed by atoms with E-state index in [1.165, 1.54) is 0 Å². The number of rotatable bonds is 14. The number of carboxylic acid groups (broad SMARTS) is 1. The Kier molecular flexibility index (Phi) is 11.0. The number of hydrogen-bond donors (Lipinski definition) is 7. The Balaban J connectivity index is 2.68. The number of benzene rings is 1. The maximum Gasteiger partial charge on any atom is 0.326 e. The fraction of sp³-hybridized carbons (Fsp3) is 0.400. The minimum atomic E-state index is -1.63. The average Bonchev–Trinajstić information content (AvgIpc) is 2.74. The molecule has 13 nitrogen and oxygen atoms in total. The van der Waals surface area contributed by atoms with Gasteiger partial charge in [-0.15, -0.1) is 0 Å². The lowest BCUT2D eigenvalue weighted by Crippen LogP contribution is -2.54. The molecule has 0 bridgehead atoms. The molecule has 1 rings (SSSR count). The summed E-state index contributed by atoms with van der Waals surface area (Å²) < 4.78 is 0. The van der Waals surface area contributed by atoms with Gasteiger partial charge < -0.3 is 38.3 Å². The number of amides is 5. The summed E-state index contributed by atoms with van der Waals surface area (Å²) in [6.45, 7) is -0.523. The van der Waals surface area contributed by atoms with Crippen molar-refractivity contribution in [2.24, 2.45) is 17.2 Å². The van der Waals surface area contributed by atoms with Crippen LogP contribution in [0.5, 0.6) is 0 Å². The first kappa shape index (κ1) is 27.0. The van der Waals surface area contributed by atoms with Crippen LogP contribution in [0.4, 0.5) is 0 Å².